The summed E-state index contributed by atoms with van der Waals surface area (Å²) in [6.45, 7) is 8.83. The van der Waals surface area contributed by atoms with Crippen LogP contribution in [0, 0.1) is 16.1 Å². The lowest BCUT2D eigenvalue weighted by molar-refractivity contribution is 0.154. The van der Waals surface area contributed by atoms with E-state index in [1.807, 2.05) is 6.92 Å². The second-order valence-electron chi connectivity index (χ2n) is 5.83. The van der Waals surface area contributed by atoms with Crippen LogP contribution in [0.2, 0.25) is 0 Å². The summed E-state index contributed by atoms with van der Waals surface area (Å²) in [6.07, 6.45) is 5.56. The van der Waals surface area contributed by atoms with Crippen LogP contribution in [-0.4, -0.2) is 15.2 Å². The number of hydrogen-bond donors (Lipinski definition) is 1. The van der Waals surface area contributed by atoms with Crippen molar-refractivity contribution in [2.75, 3.05) is 5.75 Å². The van der Waals surface area contributed by atoms with E-state index < -0.39 is 9.73 Å². The first-order valence-corrected chi connectivity index (χ1v) is 8.37. The van der Waals surface area contributed by atoms with E-state index in [4.69, 9.17) is 4.78 Å². The third kappa shape index (κ3) is 2.99. The van der Waals surface area contributed by atoms with Crippen molar-refractivity contribution in [2.24, 2.45) is 11.3 Å². The minimum atomic E-state index is -2.30. The van der Waals surface area contributed by atoms with E-state index in [2.05, 4.69) is 20.8 Å². The van der Waals surface area contributed by atoms with Gasteiger partial charge in [-0.1, -0.05) is 34.1 Å². The molecule has 0 bridgehead atoms. The van der Waals surface area contributed by atoms with Crippen LogP contribution in [0.4, 0.5) is 0 Å². The molecule has 0 saturated heterocycles. The third-order valence-electron chi connectivity index (χ3n) is 4.66. The van der Waals surface area contributed by atoms with E-state index in [9.17, 15) is 4.21 Å². The Balaban J connectivity index is 2.59. The molecule has 3 heteroatoms. The van der Waals surface area contributed by atoms with Crippen LogP contribution >= 0.6 is 0 Å². The second kappa shape index (κ2) is 5.07. The summed E-state index contributed by atoms with van der Waals surface area (Å²) in [6, 6.07) is 0. The van der Waals surface area contributed by atoms with Crippen molar-refractivity contribution in [2.45, 2.75) is 65.0 Å². The molecule has 0 aliphatic heterocycles. The molecule has 0 heterocycles. The zero-order valence-corrected chi connectivity index (χ0v) is 12.0. The average Bonchev–Trinajstić information content (AvgIpc) is 2.29. The second-order valence-corrected chi connectivity index (χ2v) is 8.53. The Morgan fingerprint density at radius 1 is 1.19 bits per heavy atom. The largest absolute Gasteiger partial charge is 0.253 e. The predicted octanol–water partition coefficient (Wildman–Crippen LogP) is 4.05. The van der Waals surface area contributed by atoms with Gasteiger partial charge in [-0.05, 0) is 37.0 Å². The molecule has 16 heavy (non-hydrogen) atoms. The van der Waals surface area contributed by atoms with Crippen LogP contribution < -0.4 is 0 Å². The van der Waals surface area contributed by atoms with Crippen LogP contribution in [-0.2, 0) is 9.73 Å². The lowest BCUT2D eigenvalue weighted by Gasteiger charge is -2.39. The molecular weight excluding hydrogens is 218 g/mol. The van der Waals surface area contributed by atoms with Gasteiger partial charge in [0.2, 0.25) is 0 Å². The van der Waals surface area contributed by atoms with Crippen LogP contribution in [0.5, 0.6) is 0 Å². The Morgan fingerprint density at radius 2 is 1.69 bits per heavy atom. The van der Waals surface area contributed by atoms with Crippen molar-refractivity contribution in [3.8, 4) is 0 Å². The van der Waals surface area contributed by atoms with Gasteiger partial charge in [0.1, 0.15) is 0 Å². The topological polar surface area (TPSA) is 40.9 Å². The lowest BCUT2D eigenvalue weighted by atomic mass is 9.70. The Kier molecular flexibility index (Phi) is 4.44. The van der Waals surface area contributed by atoms with E-state index in [-0.39, 0.29) is 5.25 Å². The van der Waals surface area contributed by atoms with Crippen LogP contribution in [0.1, 0.15) is 59.8 Å². The lowest BCUT2D eigenvalue weighted by Crippen LogP contribution is -2.33. The summed E-state index contributed by atoms with van der Waals surface area (Å²) in [7, 11) is -2.30. The number of hydrogen-bond acceptors (Lipinski definition) is 2. The molecule has 1 unspecified atom stereocenters. The van der Waals surface area contributed by atoms with Crippen molar-refractivity contribution in [1.82, 2.24) is 0 Å². The monoisotopic (exact) mass is 245 g/mol. The smallest absolute Gasteiger partial charge is 0.0467 e. The van der Waals surface area contributed by atoms with Crippen LogP contribution in [0.3, 0.4) is 0 Å². The van der Waals surface area contributed by atoms with Gasteiger partial charge in [-0.15, -0.1) is 0 Å². The fourth-order valence-electron chi connectivity index (χ4n) is 2.75. The molecule has 1 fully saturated rings. The molecule has 1 atom stereocenters. The van der Waals surface area contributed by atoms with Gasteiger partial charge < -0.3 is 0 Å². The predicted molar refractivity (Wildman–Crippen MR) is 71.2 cm³/mol. The van der Waals surface area contributed by atoms with E-state index in [0.29, 0.717) is 11.2 Å². The Bertz CT molecular complexity index is 311. The van der Waals surface area contributed by atoms with Gasteiger partial charge in [0, 0.05) is 20.7 Å². The maximum atomic E-state index is 12.0. The van der Waals surface area contributed by atoms with Crippen molar-refractivity contribution in [1.29, 1.82) is 4.78 Å². The molecule has 1 aliphatic rings. The molecule has 0 aromatic rings. The molecule has 1 aliphatic carbocycles. The maximum Gasteiger partial charge on any atom is 0.0467 e. The summed E-state index contributed by atoms with van der Waals surface area (Å²) in [5.41, 5.74) is 0.417. The molecule has 1 rings (SSSR count). The van der Waals surface area contributed by atoms with Crippen LogP contribution in [0.15, 0.2) is 0 Å². The average molecular weight is 245 g/mol. The molecule has 1 N–H and O–H groups in total. The highest BCUT2D eigenvalue weighted by Gasteiger charge is 2.34. The normalized spacial score (nSPS) is 31.0. The number of nitrogens with one attached hydrogen (secondary N) is 1. The van der Waals surface area contributed by atoms with E-state index in [0.717, 1.165) is 18.8 Å². The summed E-state index contributed by atoms with van der Waals surface area (Å²) < 4.78 is 19.9. The van der Waals surface area contributed by atoms with Gasteiger partial charge >= 0.3 is 0 Å². The maximum absolute atomic E-state index is 12.0. The molecule has 1 saturated carbocycles. The van der Waals surface area contributed by atoms with Crippen molar-refractivity contribution in [3.05, 3.63) is 0 Å². The standard InChI is InChI=1S/C13H27NOS/c1-5-13(3,4)11-7-9-12(10-8-11)16(14,15)6-2/h11-12,14H,5-10H2,1-4H3. The summed E-state index contributed by atoms with van der Waals surface area (Å²) >= 11 is 0. The highest BCUT2D eigenvalue weighted by molar-refractivity contribution is 7.93. The van der Waals surface area contributed by atoms with Gasteiger partial charge in [0.15, 0.2) is 0 Å². The van der Waals surface area contributed by atoms with Crippen molar-refractivity contribution < 1.29 is 4.21 Å². The van der Waals surface area contributed by atoms with Gasteiger partial charge in [-0.3, -0.25) is 4.78 Å². The molecule has 0 aromatic heterocycles. The highest BCUT2D eigenvalue weighted by Crippen LogP contribution is 2.41. The summed E-state index contributed by atoms with van der Waals surface area (Å²) in [4.78, 5) is 0. The summed E-state index contributed by atoms with van der Waals surface area (Å²) in [5.74, 6) is 1.29. The van der Waals surface area contributed by atoms with Gasteiger partial charge in [0.05, 0.1) is 0 Å². The number of rotatable bonds is 4. The first kappa shape index (κ1) is 14.0. The third-order valence-corrected chi connectivity index (χ3v) is 7.06. The molecule has 0 amide bonds. The molecule has 96 valence electrons. The molecule has 2 nitrogen and oxygen atoms in total. The zero-order chi connectivity index (χ0) is 12.4. The minimum absolute atomic E-state index is 0.168. The Labute approximate surface area is 101 Å². The minimum Gasteiger partial charge on any atom is -0.253 e. The van der Waals surface area contributed by atoms with Gasteiger partial charge in [-0.25, -0.2) is 4.21 Å². The Hall–Kier alpha value is -0.0500. The molecular formula is C13H27NOS. The summed E-state index contributed by atoms with van der Waals surface area (Å²) in [5, 5.41) is 0.168. The highest BCUT2D eigenvalue weighted by atomic mass is 32.2. The Morgan fingerprint density at radius 3 is 2.06 bits per heavy atom. The quantitative estimate of drug-likeness (QED) is 0.797. The van der Waals surface area contributed by atoms with Crippen molar-refractivity contribution >= 4 is 9.73 Å². The van der Waals surface area contributed by atoms with Crippen LogP contribution in [0.25, 0.3) is 0 Å². The van der Waals surface area contributed by atoms with E-state index in [1.165, 1.54) is 19.3 Å². The van der Waals surface area contributed by atoms with E-state index in [1.54, 1.807) is 0 Å². The van der Waals surface area contributed by atoms with Gasteiger partial charge in [-0.2, -0.15) is 0 Å². The van der Waals surface area contributed by atoms with E-state index >= 15 is 0 Å². The first-order chi connectivity index (χ1) is 7.33. The molecule has 0 radical (unpaired) electrons. The first-order valence-electron chi connectivity index (χ1n) is 6.58. The molecule has 0 aromatic carbocycles. The SMILES string of the molecule is CCC(C)(C)C1CCC(S(=N)(=O)CC)CC1. The van der Waals surface area contributed by atoms with Crippen molar-refractivity contribution in [3.63, 3.8) is 0 Å². The molecule has 0 spiro atoms. The zero-order valence-electron chi connectivity index (χ0n) is 11.2. The van der Waals surface area contributed by atoms with Gasteiger partial charge in [0.25, 0.3) is 0 Å². The fourth-order valence-corrected chi connectivity index (χ4v) is 4.25. The fraction of sp³-hybridized carbons (Fsp3) is 1.00.